The molecule has 0 aromatic heterocycles. The third-order valence-corrected chi connectivity index (χ3v) is 4.30. The van der Waals surface area contributed by atoms with Gasteiger partial charge in [-0.1, -0.05) is 60.7 Å². The van der Waals surface area contributed by atoms with E-state index >= 15 is 0 Å². The van der Waals surface area contributed by atoms with Crippen LogP contribution in [-0.2, 0) is 37.0 Å². The van der Waals surface area contributed by atoms with E-state index in [1.54, 1.807) is 0 Å². The van der Waals surface area contributed by atoms with E-state index in [0.717, 1.165) is 11.1 Å². The van der Waals surface area contributed by atoms with Crippen molar-refractivity contribution >= 4 is 18.0 Å². The maximum atomic E-state index is 12.3. The molecule has 3 rings (SSSR count). The second kappa shape index (κ2) is 9.55. The van der Waals surface area contributed by atoms with E-state index < -0.39 is 24.1 Å². The summed E-state index contributed by atoms with van der Waals surface area (Å²) < 4.78 is 15.4. The molecule has 2 aromatic rings. The summed E-state index contributed by atoms with van der Waals surface area (Å²) in [7, 11) is 0. The lowest BCUT2D eigenvalue weighted by atomic mass is 10.1. The summed E-state index contributed by atoms with van der Waals surface area (Å²) in [6.45, 7) is 0.0734. The first-order valence-corrected chi connectivity index (χ1v) is 8.97. The molecule has 1 aliphatic rings. The van der Waals surface area contributed by atoms with Gasteiger partial charge in [0.1, 0.15) is 19.3 Å². The Morgan fingerprint density at radius 2 is 1.50 bits per heavy atom. The van der Waals surface area contributed by atoms with Crippen molar-refractivity contribution in [1.82, 2.24) is 4.90 Å². The molecule has 1 saturated heterocycles. The van der Waals surface area contributed by atoms with Crippen molar-refractivity contribution in [3.63, 3.8) is 0 Å². The van der Waals surface area contributed by atoms with Gasteiger partial charge in [0.15, 0.2) is 6.73 Å². The Labute approximate surface area is 162 Å². The highest BCUT2D eigenvalue weighted by Gasteiger charge is 2.38. The molecule has 0 spiro atoms. The van der Waals surface area contributed by atoms with Crippen LogP contribution in [0, 0.1) is 0 Å². The van der Waals surface area contributed by atoms with Crippen molar-refractivity contribution in [3.05, 3.63) is 71.8 Å². The standard InChI is InChI=1S/C21H21NO6/c23-19(26-13-16-7-3-1-4-8-16)12-11-18-20(24)28-15-22(18)21(25)27-14-17-9-5-2-6-10-17/h1-10,18H,11-15H2/t18-/m0/s1. The number of rotatable bonds is 7. The Kier molecular flexibility index (Phi) is 6.62. The number of hydrogen-bond donors (Lipinski definition) is 0. The number of hydrogen-bond acceptors (Lipinski definition) is 6. The van der Waals surface area contributed by atoms with E-state index in [9.17, 15) is 14.4 Å². The summed E-state index contributed by atoms with van der Waals surface area (Å²) in [4.78, 5) is 37.4. The highest BCUT2D eigenvalue weighted by Crippen LogP contribution is 2.19. The number of ether oxygens (including phenoxy) is 3. The summed E-state index contributed by atoms with van der Waals surface area (Å²) >= 11 is 0. The van der Waals surface area contributed by atoms with Gasteiger partial charge in [-0.15, -0.1) is 0 Å². The lowest BCUT2D eigenvalue weighted by Gasteiger charge is -2.19. The Bertz CT molecular complexity index is 808. The highest BCUT2D eigenvalue weighted by atomic mass is 16.6. The van der Waals surface area contributed by atoms with E-state index in [4.69, 9.17) is 14.2 Å². The number of cyclic esters (lactones) is 1. The first-order chi connectivity index (χ1) is 13.6. The molecule has 1 aliphatic heterocycles. The second-order valence-corrected chi connectivity index (χ2v) is 6.30. The van der Waals surface area contributed by atoms with Gasteiger partial charge in [0.25, 0.3) is 0 Å². The van der Waals surface area contributed by atoms with Gasteiger partial charge in [-0.3, -0.25) is 9.69 Å². The van der Waals surface area contributed by atoms with Crippen LogP contribution in [0.5, 0.6) is 0 Å². The number of nitrogens with zero attached hydrogens (tertiary/aromatic N) is 1. The lowest BCUT2D eigenvalue weighted by Crippen LogP contribution is -2.38. The highest BCUT2D eigenvalue weighted by molar-refractivity contribution is 5.84. The summed E-state index contributed by atoms with van der Waals surface area (Å²) in [6.07, 6.45) is -0.542. The number of amides is 1. The maximum absolute atomic E-state index is 12.3. The molecule has 7 nitrogen and oxygen atoms in total. The molecule has 7 heteroatoms. The van der Waals surface area contributed by atoms with Gasteiger partial charge in [-0.25, -0.2) is 9.59 Å². The third kappa shape index (κ3) is 5.33. The Balaban J connectivity index is 1.46. The molecule has 28 heavy (non-hydrogen) atoms. The Morgan fingerprint density at radius 3 is 2.11 bits per heavy atom. The summed E-state index contributed by atoms with van der Waals surface area (Å²) in [5, 5.41) is 0. The monoisotopic (exact) mass is 383 g/mol. The molecule has 2 aromatic carbocycles. The molecule has 1 atom stereocenters. The Morgan fingerprint density at radius 1 is 0.929 bits per heavy atom. The fourth-order valence-corrected chi connectivity index (χ4v) is 2.77. The van der Waals surface area contributed by atoms with Gasteiger partial charge in [0.05, 0.1) is 0 Å². The molecule has 0 aliphatic carbocycles. The number of carbonyl (C=O) groups is 3. The van der Waals surface area contributed by atoms with Crippen molar-refractivity contribution in [1.29, 1.82) is 0 Å². The summed E-state index contributed by atoms with van der Waals surface area (Å²) in [6, 6.07) is 17.7. The zero-order chi connectivity index (χ0) is 19.8. The van der Waals surface area contributed by atoms with Crippen LogP contribution in [0.1, 0.15) is 24.0 Å². The van der Waals surface area contributed by atoms with E-state index in [-0.39, 0.29) is 32.8 Å². The molecule has 146 valence electrons. The summed E-state index contributed by atoms with van der Waals surface area (Å²) in [5.41, 5.74) is 1.71. The quantitative estimate of drug-likeness (QED) is 0.540. The van der Waals surface area contributed by atoms with Crippen LogP contribution >= 0.6 is 0 Å². The zero-order valence-electron chi connectivity index (χ0n) is 15.3. The van der Waals surface area contributed by atoms with Gasteiger partial charge in [0, 0.05) is 6.42 Å². The average Bonchev–Trinajstić information content (AvgIpc) is 3.11. The molecular weight excluding hydrogens is 362 g/mol. The van der Waals surface area contributed by atoms with Crippen LogP contribution < -0.4 is 0 Å². The largest absolute Gasteiger partial charge is 0.461 e. The fraction of sp³-hybridized carbons (Fsp3) is 0.286. The van der Waals surface area contributed by atoms with Crippen molar-refractivity contribution in [2.75, 3.05) is 6.73 Å². The molecule has 1 heterocycles. The van der Waals surface area contributed by atoms with Crippen LogP contribution in [-0.4, -0.2) is 35.7 Å². The predicted octanol–water partition coefficient (Wildman–Crippen LogP) is 3.03. The van der Waals surface area contributed by atoms with E-state index in [1.165, 1.54) is 4.90 Å². The van der Waals surface area contributed by atoms with Gasteiger partial charge in [0.2, 0.25) is 0 Å². The first-order valence-electron chi connectivity index (χ1n) is 8.97. The fourth-order valence-electron chi connectivity index (χ4n) is 2.77. The molecule has 1 amide bonds. The van der Waals surface area contributed by atoms with Crippen molar-refractivity contribution in [2.24, 2.45) is 0 Å². The molecular formula is C21H21NO6. The topological polar surface area (TPSA) is 82.1 Å². The molecule has 0 N–H and O–H groups in total. The number of carbonyl (C=O) groups excluding carboxylic acids is 3. The number of esters is 2. The third-order valence-electron chi connectivity index (χ3n) is 4.30. The van der Waals surface area contributed by atoms with Crippen molar-refractivity contribution in [2.45, 2.75) is 32.1 Å². The molecule has 0 bridgehead atoms. The SMILES string of the molecule is O=C(CC[C@H]1C(=O)OCN1C(=O)OCc1ccccc1)OCc1ccccc1. The number of benzene rings is 2. The maximum Gasteiger partial charge on any atom is 0.413 e. The van der Waals surface area contributed by atoms with Crippen LogP contribution in [0.25, 0.3) is 0 Å². The minimum absolute atomic E-state index is 0.00490. The first kappa shape index (κ1) is 19.4. The van der Waals surface area contributed by atoms with E-state index in [0.29, 0.717) is 0 Å². The lowest BCUT2D eigenvalue weighted by molar-refractivity contribution is -0.145. The smallest absolute Gasteiger partial charge is 0.413 e. The normalized spacial score (nSPS) is 15.8. The average molecular weight is 383 g/mol. The molecule has 1 fully saturated rings. The predicted molar refractivity (Wildman–Crippen MR) is 98.7 cm³/mol. The van der Waals surface area contributed by atoms with Crippen LogP contribution in [0.2, 0.25) is 0 Å². The van der Waals surface area contributed by atoms with Gasteiger partial charge in [-0.05, 0) is 17.5 Å². The van der Waals surface area contributed by atoms with E-state index in [2.05, 4.69) is 0 Å². The zero-order valence-corrected chi connectivity index (χ0v) is 15.3. The van der Waals surface area contributed by atoms with Crippen LogP contribution in [0.3, 0.4) is 0 Å². The van der Waals surface area contributed by atoms with Gasteiger partial charge in [-0.2, -0.15) is 0 Å². The molecule has 0 saturated carbocycles. The van der Waals surface area contributed by atoms with Gasteiger partial charge >= 0.3 is 18.0 Å². The second-order valence-electron chi connectivity index (χ2n) is 6.30. The van der Waals surface area contributed by atoms with Crippen molar-refractivity contribution < 1.29 is 28.6 Å². The van der Waals surface area contributed by atoms with Crippen LogP contribution in [0.15, 0.2) is 60.7 Å². The Hall–Kier alpha value is -3.35. The summed E-state index contributed by atoms with van der Waals surface area (Å²) in [5.74, 6) is -0.992. The van der Waals surface area contributed by atoms with Crippen LogP contribution in [0.4, 0.5) is 4.79 Å². The van der Waals surface area contributed by atoms with E-state index in [1.807, 2.05) is 60.7 Å². The van der Waals surface area contributed by atoms with Crippen molar-refractivity contribution in [3.8, 4) is 0 Å². The molecule has 0 unspecified atom stereocenters. The molecule has 0 radical (unpaired) electrons. The minimum atomic E-state index is -0.854. The van der Waals surface area contributed by atoms with Gasteiger partial charge < -0.3 is 14.2 Å². The minimum Gasteiger partial charge on any atom is -0.461 e.